The number of aliphatic carboxylic acids is 1. The van der Waals surface area contributed by atoms with Crippen molar-refractivity contribution in [1.29, 1.82) is 0 Å². The minimum atomic E-state index is -1.04. The van der Waals surface area contributed by atoms with Gasteiger partial charge in [0.1, 0.15) is 18.0 Å². The molecule has 0 spiro atoms. The van der Waals surface area contributed by atoms with E-state index in [0.29, 0.717) is 18.7 Å². The summed E-state index contributed by atoms with van der Waals surface area (Å²) in [5.74, 6) is -1.62. The summed E-state index contributed by atoms with van der Waals surface area (Å²) in [6.45, 7) is 2.02. The number of carboxylic acid groups (broad SMARTS) is 1. The van der Waals surface area contributed by atoms with Crippen LogP contribution in [0.1, 0.15) is 12.5 Å². The second-order valence-corrected chi connectivity index (χ2v) is 5.15. The van der Waals surface area contributed by atoms with Gasteiger partial charge >= 0.3 is 5.97 Å². The molecule has 1 aliphatic heterocycles. The van der Waals surface area contributed by atoms with E-state index >= 15 is 0 Å². The Morgan fingerprint density at radius 1 is 1.40 bits per heavy atom. The van der Waals surface area contributed by atoms with Crippen molar-refractivity contribution in [2.75, 3.05) is 19.7 Å². The summed E-state index contributed by atoms with van der Waals surface area (Å²) in [4.78, 5) is 23.9. The van der Waals surface area contributed by atoms with Gasteiger partial charge in [-0.05, 0) is 18.6 Å². The first-order chi connectivity index (χ1) is 9.39. The zero-order valence-electron chi connectivity index (χ0n) is 11.1. The molecule has 1 amide bonds. The second kappa shape index (κ2) is 5.58. The van der Waals surface area contributed by atoms with E-state index in [1.807, 2.05) is 0 Å². The van der Waals surface area contributed by atoms with Crippen molar-refractivity contribution >= 4 is 11.9 Å². The van der Waals surface area contributed by atoms with Crippen LogP contribution in [0.15, 0.2) is 24.3 Å². The van der Waals surface area contributed by atoms with Crippen LogP contribution >= 0.6 is 0 Å². The van der Waals surface area contributed by atoms with Gasteiger partial charge < -0.3 is 14.7 Å². The van der Waals surface area contributed by atoms with Crippen LogP contribution in [0.2, 0.25) is 0 Å². The van der Waals surface area contributed by atoms with Gasteiger partial charge in [-0.25, -0.2) is 9.18 Å². The molecule has 1 N–H and O–H groups in total. The zero-order chi connectivity index (χ0) is 14.8. The van der Waals surface area contributed by atoms with Crippen molar-refractivity contribution in [3.8, 4) is 0 Å². The molecule has 0 unspecified atom stereocenters. The molecule has 1 fully saturated rings. The molecule has 6 heteroatoms. The first kappa shape index (κ1) is 14.5. The Bertz CT molecular complexity index is 526. The minimum absolute atomic E-state index is 0.00167. The Morgan fingerprint density at radius 3 is 2.65 bits per heavy atom. The lowest BCUT2D eigenvalue weighted by molar-refractivity contribution is -0.172. The molecule has 0 atom stereocenters. The lowest BCUT2D eigenvalue weighted by Gasteiger charge is -2.47. The highest BCUT2D eigenvalue weighted by Crippen LogP contribution is 2.25. The van der Waals surface area contributed by atoms with Crippen LogP contribution in [-0.2, 0) is 20.7 Å². The summed E-state index contributed by atoms with van der Waals surface area (Å²) in [6.07, 6.45) is 0.00167. The van der Waals surface area contributed by atoms with Crippen LogP contribution in [0.4, 0.5) is 4.39 Å². The van der Waals surface area contributed by atoms with Crippen LogP contribution in [0.3, 0.4) is 0 Å². The van der Waals surface area contributed by atoms with E-state index in [9.17, 15) is 14.0 Å². The number of ether oxygens (including phenoxy) is 1. The topological polar surface area (TPSA) is 66.8 Å². The third-order valence-electron chi connectivity index (χ3n) is 3.25. The van der Waals surface area contributed by atoms with Gasteiger partial charge in [0.05, 0.1) is 19.5 Å². The number of benzene rings is 1. The summed E-state index contributed by atoms with van der Waals surface area (Å²) in [5, 5.41) is 8.55. The fourth-order valence-electron chi connectivity index (χ4n) is 2.18. The lowest BCUT2D eigenvalue weighted by atomic mass is 9.95. The SMILES string of the molecule is CC1(OCC(=O)O)CN(C(=O)Cc2ccccc2F)C1. The van der Waals surface area contributed by atoms with Gasteiger partial charge in [-0.15, -0.1) is 0 Å². The zero-order valence-corrected chi connectivity index (χ0v) is 11.1. The number of nitrogens with zero attached hydrogens (tertiary/aromatic N) is 1. The van der Waals surface area contributed by atoms with Crippen LogP contribution < -0.4 is 0 Å². The second-order valence-electron chi connectivity index (χ2n) is 5.15. The molecule has 0 saturated carbocycles. The van der Waals surface area contributed by atoms with E-state index in [2.05, 4.69) is 0 Å². The molecule has 0 bridgehead atoms. The Kier molecular flexibility index (Phi) is 4.04. The van der Waals surface area contributed by atoms with Crippen LogP contribution in [0, 0.1) is 5.82 Å². The lowest BCUT2D eigenvalue weighted by Crippen LogP contribution is -2.63. The summed E-state index contributed by atoms with van der Waals surface area (Å²) >= 11 is 0. The van der Waals surface area contributed by atoms with Gasteiger partial charge in [-0.1, -0.05) is 18.2 Å². The van der Waals surface area contributed by atoms with E-state index in [4.69, 9.17) is 9.84 Å². The first-order valence-corrected chi connectivity index (χ1v) is 6.26. The molecular weight excluding hydrogens is 265 g/mol. The van der Waals surface area contributed by atoms with Crippen molar-refractivity contribution in [3.63, 3.8) is 0 Å². The average Bonchev–Trinajstić information content (AvgIpc) is 2.35. The number of carboxylic acids is 1. The van der Waals surface area contributed by atoms with Crippen molar-refractivity contribution in [3.05, 3.63) is 35.6 Å². The van der Waals surface area contributed by atoms with Crippen LogP contribution in [0.25, 0.3) is 0 Å². The van der Waals surface area contributed by atoms with E-state index in [1.165, 1.54) is 11.0 Å². The minimum Gasteiger partial charge on any atom is -0.480 e. The maximum absolute atomic E-state index is 13.4. The molecule has 2 rings (SSSR count). The standard InChI is InChI=1S/C14H16FNO4/c1-14(20-7-13(18)19)8-16(9-14)12(17)6-10-4-2-3-5-11(10)15/h2-5H,6-9H2,1H3,(H,18,19). The maximum Gasteiger partial charge on any atom is 0.329 e. The van der Waals surface area contributed by atoms with Gasteiger partial charge in [-0.3, -0.25) is 4.79 Å². The first-order valence-electron chi connectivity index (χ1n) is 6.26. The number of hydrogen-bond acceptors (Lipinski definition) is 3. The number of carbonyl (C=O) groups excluding carboxylic acids is 1. The molecule has 1 aromatic rings. The average molecular weight is 281 g/mol. The molecule has 0 aliphatic carbocycles. The van der Waals surface area contributed by atoms with Gasteiger partial charge in [0.2, 0.25) is 5.91 Å². The van der Waals surface area contributed by atoms with Crippen molar-refractivity contribution in [1.82, 2.24) is 4.90 Å². The number of carbonyl (C=O) groups is 2. The summed E-state index contributed by atoms with van der Waals surface area (Å²) in [5.41, 5.74) is -0.263. The number of amides is 1. The smallest absolute Gasteiger partial charge is 0.329 e. The summed E-state index contributed by atoms with van der Waals surface area (Å²) in [7, 11) is 0. The summed E-state index contributed by atoms with van der Waals surface area (Å²) < 4.78 is 18.7. The highest BCUT2D eigenvalue weighted by atomic mass is 19.1. The third-order valence-corrected chi connectivity index (χ3v) is 3.25. The quantitative estimate of drug-likeness (QED) is 0.876. The largest absolute Gasteiger partial charge is 0.480 e. The molecule has 1 aromatic carbocycles. The van der Waals surface area contributed by atoms with E-state index in [-0.39, 0.29) is 18.9 Å². The monoisotopic (exact) mass is 281 g/mol. The van der Waals surface area contributed by atoms with Gasteiger partial charge in [0.25, 0.3) is 0 Å². The maximum atomic E-state index is 13.4. The Hall–Kier alpha value is -1.95. The van der Waals surface area contributed by atoms with E-state index < -0.39 is 17.4 Å². The number of hydrogen-bond donors (Lipinski definition) is 1. The fraction of sp³-hybridized carbons (Fsp3) is 0.429. The predicted octanol–water partition coefficient (Wildman–Crippen LogP) is 1.07. The molecule has 108 valence electrons. The van der Waals surface area contributed by atoms with Crippen LogP contribution in [0.5, 0.6) is 0 Å². The summed E-state index contributed by atoms with van der Waals surface area (Å²) in [6, 6.07) is 6.15. The third kappa shape index (κ3) is 3.33. The highest BCUT2D eigenvalue weighted by molar-refractivity contribution is 5.80. The molecule has 0 aromatic heterocycles. The molecule has 1 heterocycles. The number of halogens is 1. The van der Waals surface area contributed by atoms with Crippen molar-refractivity contribution < 1.29 is 23.8 Å². The number of likely N-dealkylation sites (tertiary alicyclic amines) is 1. The van der Waals surface area contributed by atoms with Gasteiger partial charge in [0, 0.05) is 0 Å². The Labute approximate surface area is 116 Å². The van der Waals surface area contributed by atoms with Gasteiger partial charge in [0.15, 0.2) is 0 Å². The van der Waals surface area contributed by atoms with Crippen LogP contribution in [-0.4, -0.2) is 47.2 Å². The molecule has 0 radical (unpaired) electrons. The van der Waals surface area contributed by atoms with E-state index in [0.717, 1.165) is 0 Å². The molecular formula is C14H16FNO4. The van der Waals surface area contributed by atoms with Crippen molar-refractivity contribution in [2.45, 2.75) is 18.9 Å². The predicted molar refractivity (Wildman–Crippen MR) is 68.7 cm³/mol. The molecule has 20 heavy (non-hydrogen) atoms. The molecule has 5 nitrogen and oxygen atoms in total. The Morgan fingerprint density at radius 2 is 2.05 bits per heavy atom. The number of rotatable bonds is 5. The van der Waals surface area contributed by atoms with E-state index in [1.54, 1.807) is 25.1 Å². The Balaban J connectivity index is 1.85. The highest BCUT2D eigenvalue weighted by Gasteiger charge is 2.42. The molecule has 1 saturated heterocycles. The van der Waals surface area contributed by atoms with Gasteiger partial charge in [-0.2, -0.15) is 0 Å². The van der Waals surface area contributed by atoms with Crippen molar-refractivity contribution in [2.24, 2.45) is 0 Å². The normalized spacial score (nSPS) is 16.6. The molecule has 1 aliphatic rings. The fourth-order valence-corrected chi connectivity index (χ4v) is 2.18.